The molecular weight excluding hydrogens is 724 g/mol. The Labute approximate surface area is 270 Å². The van der Waals surface area contributed by atoms with Gasteiger partial charge in [0.1, 0.15) is 30.4 Å². The summed E-state index contributed by atoms with van der Waals surface area (Å²) >= 11 is 0. The maximum absolute atomic E-state index is 10.9. The molecular formula is C30H23AgO10S3-3. The Balaban J connectivity index is 0.000000225. The molecule has 0 aromatic heterocycles. The number of hydrogen-bond acceptors (Lipinski definition) is 9. The number of hydrogen-bond donors (Lipinski definition) is 0. The third-order valence-electron chi connectivity index (χ3n) is 6.06. The van der Waals surface area contributed by atoms with Crippen molar-refractivity contribution in [2.24, 2.45) is 0 Å². The topological polar surface area (TPSA) is 203 Å². The normalized spacial score (nSPS) is 11.2. The van der Waals surface area contributed by atoms with Crippen molar-refractivity contribution in [3.05, 3.63) is 127 Å². The van der Waals surface area contributed by atoms with E-state index < -0.39 is 30.4 Å². The van der Waals surface area contributed by atoms with Crippen LogP contribution in [0.25, 0.3) is 32.3 Å². The first-order valence-electron chi connectivity index (χ1n) is 12.1. The molecule has 10 nitrogen and oxygen atoms in total. The predicted molar refractivity (Wildman–Crippen MR) is 159 cm³/mol. The smallest absolute Gasteiger partial charge is 0.125 e. The molecule has 0 aliphatic heterocycles. The summed E-state index contributed by atoms with van der Waals surface area (Å²) in [6.45, 7) is 0. The molecule has 0 aliphatic carbocycles. The Morgan fingerprint density at radius 2 is 0.545 bits per heavy atom. The van der Waals surface area contributed by atoms with Crippen LogP contribution in [0.15, 0.2) is 142 Å². The fourth-order valence-corrected chi connectivity index (χ4v) is 6.34. The van der Waals surface area contributed by atoms with E-state index in [1.165, 1.54) is 18.2 Å². The Bertz CT molecular complexity index is 1970. The maximum atomic E-state index is 10.9. The standard InChI is InChI=1S/3C10H8O3S.Ag.H2O/c3*11-14(12,13)10-7-3-5-8-4-1-2-6-9(8)10;;/h3*1-7H,(H,11,12,13);;1H2/p-3. The minimum atomic E-state index is -4.38. The third kappa shape index (κ3) is 9.03. The minimum Gasteiger partial charge on any atom is -0.744 e. The number of benzene rings is 6. The van der Waals surface area contributed by atoms with Crippen LogP contribution < -0.4 is 0 Å². The molecule has 2 N–H and O–H groups in total. The second-order valence-electron chi connectivity index (χ2n) is 8.79. The number of fused-ring (bicyclic) bond motifs is 3. The summed E-state index contributed by atoms with van der Waals surface area (Å²) in [6.07, 6.45) is 0. The van der Waals surface area contributed by atoms with E-state index in [0.29, 0.717) is 16.2 Å². The van der Waals surface area contributed by atoms with Crippen molar-refractivity contribution in [2.45, 2.75) is 14.7 Å². The summed E-state index contributed by atoms with van der Waals surface area (Å²) in [5, 5.41) is 3.69. The summed E-state index contributed by atoms with van der Waals surface area (Å²) in [7, 11) is -13.1. The maximum Gasteiger partial charge on any atom is 0.125 e. The van der Waals surface area contributed by atoms with Gasteiger partial charge in [0, 0.05) is 22.4 Å². The van der Waals surface area contributed by atoms with E-state index in [1.807, 2.05) is 0 Å². The molecule has 6 aromatic carbocycles. The summed E-state index contributed by atoms with van der Waals surface area (Å²) < 4.78 is 98.0. The Hall–Kier alpha value is -3.47. The monoisotopic (exact) mass is 746 g/mol. The molecule has 0 atom stereocenters. The molecule has 1 radical (unpaired) electrons. The van der Waals surface area contributed by atoms with Crippen LogP contribution >= 0.6 is 0 Å². The summed E-state index contributed by atoms with van der Waals surface area (Å²) in [5.74, 6) is 0. The number of rotatable bonds is 3. The zero-order chi connectivity index (χ0) is 30.5. The molecule has 14 heteroatoms. The second-order valence-corrected chi connectivity index (χ2v) is 12.8. The van der Waals surface area contributed by atoms with Gasteiger partial charge in [0.25, 0.3) is 0 Å². The quantitative estimate of drug-likeness (QED) is 0.186. The van der Waals surface area contributed by atoms with Gasteiger partial charge in [-0.2, -0.15) is 0 Å². The molecule has 0 amide bonds. The van der Waals surface area contributed by atoms with Crippen LogP contribution in [0.1, 0.15) is 0 Å². The van der Waals surface area contributed by atoms with E-state index in [-0.39, 0.29) is 42.5 Å². The molecule has 0 bridgehead atoms. The van der Waals surface area contributed by atoms with Gasteiger partial charge in [0.05, 0.1) is 14.7 Å². The molecule has 0 fully saturated rings. The molecule has 44 heavy (non-hydrogen) atoms. The van der Waals surface area contributed by atoms with Crippen LogP contribution in [-0.4, -0.2) is 44.4 Å². The van der Waals surface area contributed by atoms with Crippen molar-refractivity contribution >= 4 is 62.7 Å². The second kappa shape index (κ2) is 15.0. The summed E-state index contributed by atoms with van der Waals surface area (Å²) in [4.78, 5) is -0.471. The summed E-state index contributed by atoms with van der Waals surface area (Å²) in [6, 6.07) is 34.6. The van der Waals surface area contributed by atoms with Gasteiger partial charge >= 0.3 is 0 Å². The van der Waals surface area contributed by atoms with E-state index in [0.717, 1.165) is 16.2 Å². The van der Waals surface area contributed by atoms with Gasteiger partial charge in [-0.15, -0.1) is 0 Å². The van der Waals surface area contributed by atoms with Crippen molar-refractivity contribution in [3.8, 4) is 0 Å². The van der Waals surface area contributed by atoms with Crippen molar-refractivity contribution in [3.63, 3.8) is 0 Å². The van der Waals surface area contributed by atoms with Gasteiger partial charge in [-0.05, 0) is 50.5 Å². The SMILES string of the molecule is O.O=S(=O)([O-])c1cccc2ccccc12.O=S(=O)([O-])c1cccc2ccccc12.O=S(=O)([O-])c1cccc2ccccc12.[Ag]. The van der Waals surface area contributed by atoms with Crippen LogP contribution in [-0.2, 0) is 52.7 Å². The zero-order valence-electron chi connectivity index (χ0n) is 22.3. The van der Waals surface area contributed by atoms with E-state index >= 15 is 0 Å². The van der Waals surface area contributed by atoms with Crippen LogP contribution in [0.2, 0.25) is 0 Å². The first-order valence-corrected chi connectivity index (χ1v) is 16.3. The average molecular weight is 748 g/mol. The van der Waals surface area contributed by atoms with Crippen LogP contribution in [0.5, 0.6) is 0 Å². The van der Waals surface area contributed by atoms with Crippen LogP contribution in [0.3, 0.4) is 0 Å². The third-order valence-corrected chi connectivity index (χ3v) is 8.74. The first kappa shape index (κ1) is 36.7. The van der Waals surface area contributed by atoms with Gasteiger partial charge in [-0.1, -0.05) is 109 Å². The van der Waals surface area contributed by atoms with Crippen LogP contribution in [0.4, 0.5) is 0 Å². The van der Waals surface area contributed by atoms with Crippen molar-refractivity contribution in [1.82, 2.24) is 0 Å². The molecule has 0 saturated carbocycles. The largest absolute Gasteiger partial charge is 0.744 e. The zero-order valence-corrected chi connectivity index (χ0v) is 26.3. The van der Waals surface area contributed by atoms with E-state index in [2.05, 4.69) is 0 Å². The van der Waals surface area contributed by atoms with Crippen molar-refractivity contribution < 1.29 is 66.8 Å². The van der Waals surface area contributed by atoms with Gasteiger partial charge < -0.3 is 19.1 Å². The molecule has 6 aromatic rings. The molecule has 0 unspecified atom stereocenters. The van der Waals surface area contributed by atoms with E-state index in [4.69, 9.17) is 0 Å². The van der Waals surface area contributed by atoms with Crippen LogP contribution in [0, 0.1) is 0 Å². The molecule has 0 aliphatic rings. The van der Waals surface area contributed by atoms with Gasteiger partial charge in [-0.3, -0.25) is 0 Å². The minimum absolute atomic E-state index is 0. The van der Waals surface area contributed by atoms with Gasteiger partial charge in [0.15, 0.2) is 0 Å². The van der Waals surface area contributed by atoms with E-state index in [9.17, 15) is 38.9 Å². The fraction of sp³-hybridized carbons (Fsp3) is 0. The summed E-state index contributed by atoms with van der Waals surface area (Å²) in [5.41, 5.74) is 0. The Morgan fingerprint density at radius 1 is 0.341 bits per heavy atom. The average Bonchev–Trinajstić information content (AvgIpc) is 2.95. The van der Waals surface area contributed by atoms with Gasteiger partial charge in [0.2, 0.25) is 0 Å². The molecule has 6 rings (SSSR count). The van der Waals surface area contributed by atoms with Crippen molar-refractivity contribution in [2.75, 3.05) is 0 Å². The molecule has 0 spiro atoms. The Kier molecular flexibility index (Phi) is 12.5. The van der Waals surface area contributed by atoms with Crippen molar-refractivity contribution in [1.29, 1.82) is 0 Å². The van der Waals surface area contributed by atoms with E-state index in [1.54, 1.807) is 109 Å². The van der Waals surface area contributed by atoms with Gasteiger partial charge in [-0.25, -0.2) is 25.3 Å². The molecule has 235 valence electrons. The fourth-order valence-electron chi connectivity index (χ4n) is 4.24. The predicted octanol–water partition coefficient (Wildman–Crippen LogP) is 4.40. The first-order chi connectivity index (χ1) is 19.8. The Morgan fingerprint density at radius 3 is 0.773 bits per heavy atom. The molecule has 0 heterocycles. The molecule has 0 saturated heterocycles.